The van der Waals surface area contributed by atoms with Crippen molar-refractivity contribution >= 4 is 17.9 Å². The number of nitrogens with zero attached hydrogens (tertiary/aromatic N) is 1. The van der Waals surface area contributed by atoms with Crippen LogP contribution in [0.5, 0.6) is 0 Å². The van der Waals surface area contributed by atoms with Gasteiger partial charge in [-0.15, -0.1) is 0 Å². The van der Waals surface area contributed by atoms with Crippen LogP contribution >= 0.6 is 12.2 Å². The first-order valence-electron chi connectivity index (χ1n) is 5.32. The van der Waals surface area contributed by atoms with Crippen LogP contribution < -0.4 is 5.32 Å². The number of rotatable bonds is 3. The van der Waals surface area contributed by atoms with Crippen molar-refractivity contribution in [2.45, 2.75) is 13.5 Å². The number of hydrogen-bond acceptors (Lipinski definition) is 2. The van der Waals surface area contributed by atoms with Crippen LogP contribution in [0, 0.1) is 4.77 Å². The number of nitrogens with one attached hydrogen (secondary N) is 2. The molecule has 3 nitrogen and oxygen atoms in total. The van der Waals surface area contributed by atoms with Crippen LogP contribution in [0.2, 0.25) is 0 Å². The van der Waals surface area contributed by atoms with Crippen molar-refractivity contribution in [2.24, 2.45) is 0 Å². The third kappa shape index (κ3) is 1.88. The van der Waals surface area contributed by atoms with Gasteiger partial charge >= 0.3 is 0 Å². The Morgan fingerprint density at radius 3 is 2.56 bits per heavy atom. The number of hydrogen-bond donors (Lipinski definition) is 2. The van der Waals surface area contributed by atoms with Gasteiger partial charge in [0.2, 0.25) is 0 Å². The number of aromatic amines is 1. The van der Waals surface area contributed by atoms with E-state index in [4.69, 9.17) is 12.2 Å². The molecular weight excluding hydrogens is 218 g/mol. The Kier molecular flexibility index (Phi) is 3.10. The standard InChI is InChI=1S/C12H15N3S/c1-3-15-11(8-14-12(15)16)9-4-6-10(13-2)7-5-9/h4-8,13H,3H2,1-2H3,(H,14,16). The van der Waals surface area contributed by atoms with Gasteiger partial charge < -0.3 is 14.9 Å². The van der Waals surface area contributed by atoms with E-state index in [9.17, 15) is 0 Å². The highest BCUT2D eigenvalue weighted by atomic mass is 32.1. The molecule has 2 aromatic rings. The fourth-order valence-electron chi connectivity index (χ4n) is 1.76. The van der Waals surface area contributed by atoms with Crippen LogP contribution in [-0.4, -0.2) is 16.6 Å². The van der Waals surface area contributed by atoms with Gasteiger partial charge in [-0.2, -0.15) is 0 Å². The number of aromatic nitrogens is 2. The molecular formula is C12H15N3S. The molecule has 0 radical (unpaired) electrons. The Morgan fingerprint density at radius 1 is 1.31 bits per heavy atom. The van der Waals surface area contributed by atoms with Gasteiger partial charge in [0, 0.05) is 25.5 Å². The molecule has 0 fully saturated rings. The molecule has 1 heterocycles. The summed E-state index contributed by atoms with van der Waals surface area (Å²) in [6, 6.07) is 8.31. The van der Waals surface area contributed by atoms with E-state index in [0.29, 0.717) is 0 Å². The maximum Gasteiger partial charge on any atom is 0.177 e. The van der Waals surface area contributed by atoms with Crippen LogP contribution in [0.3, 0.4) is 0 Å². The summed E-state index contributed by atoms with van der Waals surface area (Å²) in [5, 5.41) is 3.10. The highest BCUT2D eigenvalue weighted by Gasteiger charge is 2.04. The number of benzene rings is 1. The fraction of sp³-hybridized carbons (Fsp3) is 0.250. The molecule has 0 aliphatic rings. The molecule has 0 amide bonds. The van der Waals surface area contributed by atoms with Crippen LogP contribution in [-0.2, 0) is 6.54 Å². The average molecular weight is 233 g/mol. The fourth-order valence-corrected chi connectivity index (χ4v) is 2.04. The van der Waals surface area contributed by atoms with Crippen molar-refractivity contribution in [1.82, 2.24) is 9.55 Å². The monoisotopic (exact) mass is 233 g/mol. The molecule has 0 atom stereocenters. The minimum Gasteiger partial charge on any atom is -0.388 e. The first-order valence-corrected chi connectivity index (χ1v) is 5.73. The van der Waals surface area contributed by atoms with Crippen molar-refractivity contribution in [3.63, 3.8) is 0 Å². The predicted octanol–water partition coefficient (Wildman–Crippen LogP) is 3.27. The van der Waals surface area contributed by atoms with Crippen molar-refractivity contribution in [3.05, 3.63) is 35.2 Å². The molecule has 0 aliphatic heterocycles. The summed E-state index contributed by atoms with van der Waals surface area (Å²) in [6.45, 7) is 2.97. The largest absolute Gasteiger partial charge is 0.388 e. The topological polar surface area (TPSA) is 32.8 Å². The summed E-state index contributed by atoms with van der Waals surface area (Å²) in [4.78, 5) is 3.08. The predicted molar refractivity (Wildman–Crippen MR) is 70.3 cm³/mol. The van der Waals surface area contributed by atoms with Crippen molar-refractivity contribution in [2.75, 3.05) is 12.4 Å². The second-order valence-electron chi connectivity index (χ2n) is 3.55. The minimum atomic E-state index is 0.773. The Morgan fingerprint density at radius 2 is 2.00 bits per heavy atom. The van der Waals surface area contributed by atoms with Crippen molar-refractivity contribution < 1.29 is 0 Å². The van der Waals surface area contributed by atoms with Gasteiger partial charge in [-0.05, 0) is 36.8 Å². The molecule has 0 aliphatic carbocycles. The van der Waals surface area contributed by atoms with Crippen LogP contribution in [0.4, 0.5) is 5.69 Å². The summed E-state index contributed by atoms with van der Waals surface area (Å²) < 4.78 is 2.86. The molecule has 0 spiro atoms. The lowest BCUT2D eigenvalue weighted by molar-refractivity contribution is 0.757. The van der Waals surface area contributed by atoms with E-state index in [1.165, 1.54) is 5.56 Å². The van der Waals surface area contributed by atoms with Crippen molar-refractivity contribution in [1.29, 1.82) is 0 Å². The van der Waals surface area contributed by atoms with E-state index in [2.05, 4.69) is 46.1 Å². The highest BCUT2D eigenvalue weighted by molar-refractivity contribution is 7.71. The van der Waals surface area contributed by atoms with Gasteiger partial charge in [-0.3, -0.25) is 0 Å². The van der Waals surface area contributed by atoms with E-state index >= 15 is 0 Å². The average Bonchev–Trinajstić information content (AvgIpc) is 2.70. The molecule has 2 N–H and O–H groups in total. The van der Waals surface area contributed by atoms with Gasteiger partial charge in [-0.25, -0.2) is 0 Å². The Hall–Kier alpha value is -1.55. The van der Waals surface area contributed by atoms with Gasteiger partial charge in [0.05, 0.1) is 5.69 Å². The zero-order valence-corrected chi connectivity index (χ0v) is 10.3. The summed E-state index contributed by atoms with van der Waals surface area (Å²) in [6.07, 6.45) is 1.96. The molecule has 0 saturated carbocycles. The van der Waals surface area contributed by atoms with E-state index in [1.54, 1.807) is 0 Å². The Bertz CT molecular complexity index is 522. The normalized spacial score (nSPS) is 10.4. The smallest absolute Gasteiger partial charge is 0.177 e. The Labute approximate surface area is 100 Å². The first-order chi connectivity index (χ1) is 7.76. The molecule has 1 aromatic heterocycles. The lowest BCUT2D eigenvalue weighted by atomic mass is 10.1. The van der Waals surface area contributed by atoms with Crippen LogP contribution in [0.25, 0.3) is 11.3 Å². The summed E-state index contributed by atoms with van der Waals surface area (Å²) in [5.41, 5.74) is 3.42. The second-order valence-corrected chi connectivity index (χ2v) is 3.94. The van der Waals surface area contributed by atoms with Gasteiger partial charge in [-0.1, -0.05) is 12.1 Å². The summed E-state index contributed by atoms with van der Waals surface area (Å²) >= 11 is 5.22. The summed E-state index contributed by atoms with van der Waals surface area (Å²) in [7, 11) is 1.92. The van der Waals surface area contributed by atoms with Crippen molar-refractivity contribution in [3.8, 4) is 11.3 Å². The van der Waals surface area contributed by atoms with Gasteiger partial charge in [0.1, 0.15) is 0 Å². The number of imidazole rings is 1. The van der Waals surface area contributed by atoms with Crippen LogP contribution in [0.1, 0.15) is 6.92 Å². The third-order valence-electron chi connectivity index (χ3n) is 2.65. The zero-order valence-electron chi connectivity index (χ0n) is 9.45. The maximum atomic E-state index is 5.22. The second kappa shape index (κ2) is 4.53. The van der Waals surface area contributed by atoms with E-state index < -0.39 is 0 Å². The van der Waals surface area contributed by atoms with E-state index in [-0.39, 0.29) is 0 Å². The van der Waals surface area contributed by atoms with Gasteiger partial charge in [0.25, 0.3) is 0 Å². The van der Waals surface area contributed by atoms with Gasteiger partial charge in [0.15, 0.2) is 4.77 Å². The molecule has 2 rings (SSSR count). The molecule has 0 saturated heterocycles. The maximum absolute atomic E-state index is 5.22. The summed E-state index contributed by atoms with van der Waals surface area (Å²) in [5.74, 6) is 0. The molecule has 84 valence electrons. The third-order valence-corrected chi connectivity index (χ3v) is 2.99. The lowest BCUT2D eigenvalue weighted by Gasteiger charge is -2.06. The van der Waals surface area contributed by atoms with E-state index in [1.807, 2.05) is 13.2 Å². The number of H-pyrrole nitrogens is 1. The molecule has 0 bridgehead atoms. The van der Waals surface area contributed by atoms with Crippen LogP contribution in [0.15, 0.2) is 30.5 Å². The lowest BCUT2D eigenvalue weighted by Crippen LogP contribution is -1.96. The van der Waals surface area contributed by atoms with E-state index in [0.717, 1.165) is 22.7 Å². The minimum absolute atomic E-state index is 0.773. The molecule has 1 aromatic carbocycles. The quantitative estimate of drug-likeness (QED) is 0.798. The first kappa shape index (κ1) is 11.0. The zero-order chi connectivity index (χ0) is 11.5. The Balaban J connectivity index is 2.46. The highest BCUT2D eigenvalue weighted by Crippen LogP contribution is 2.21. The molecule has 16 heavy (non-hydrogen) atoms. The number of anilines is 1. The SMILES string of the molecule is CCn1c(-c2ccc(NC)cc2)c[nH]c1=S. The molecule has 4 heteroatoms. The molecule has 0 unspecified atom stereocenters.